The maximum atomic E-state index is 2.52. The van der Waals surface area contributed by atoms with Crippen LogP contribution in [-0.2, 0) is 0 Å². The summed E-state index contributed by atoms with van der Waals surface area (Å²) in [4.78, 5) is 0. The summed E-state index contributed by atoms with van der Waals surface area (Å²) >= 11 is 0. The predicted molar refractivity (Wildman–Crippen MR) is 320 cm³/mol. The summed E-state index contributed by atoms with van der Waals surface area (Å²) in [7, 11) is -2.81. The molecule has 14 rings (SSSR count). The molecule has 352 valence electrons. The Morgan fingerprint density at radius 3 is 1.17 bits per heavy atom. The van der Waals surface area contributed by atoms with Gasteiger partial charge in [0.2, 0.25) is 0 Å². The van der Waals surface area contributed by atoms with Crippen molar-refractivity contribution < 1.29 is 0 Å². The van der Waals surface area contributed by atoms with E-state index in [1.54, 1.807) is 0 Å². The molecule has 75 heavy (non-hydrogen) atoms. The van der Waals surface area contributed by atoms with Gasteiger partial charge in [-0.1, -0.05) is 243 Å². The summed E-state index contributed by atoms with van der Waals surface area (Å²) in [5.74, 6) is 0. The summed E-state index contributed by atoms with van der Waals surface area (Å²) in [6, 6.07) is 112. The molecule has 2 nitrogen and oxygen atoms in total. The molecule has 0 bridgehead atoms. The first kappa shape index (κ1) is 44.2. The van der Waals surface area contributed by atoms with Gasteiger partial charge in [-0.2, -0.15) is 0 Å². The number of aromatic nitrogens is 2. The maximum absolute atomic E-state index is 2.81. The fourth-order valence-electron chi connectivity index (χ4n) is 12.2. The van der Waals surface area contributed by atoms with Crippen LogP contribution in [0.3, 0.4) is 0 Å². The first-order chi connectivity index (χ1) is 37.2. The number of hydrogen-bond acceptors (Lipinski definition) is 0. The van der Waals surface area contributed by atoms with Crippen molar-refractivity contribution in [3.8, 4) is 55.9 Å². The average Bonchev–Trinajstić information content (AvgIpc) is 4.01. The molecule has 0 fully saturated rings. The van der Waals surface area contributed by atoms with Crippen molar-refractivity contribution in [2.24, 2.45) is 0 Å². The van der Waals surface area contributed by atoms with E-state index in [2.05, 4.69) is 312 Å². The minimum absolute atomic E-state index is 1.11. The van der Waals surface area contributed by atoms with Crippen LogP contribution in [-0.4, -0.2) is 17.2 Å². The molecule has 0 aliphatic carbocycles. The minimum atomic E-state index is -2.81. The fourth-order valence-corrected chi connectivity index (χ4v) is 16.9. The second kappa shape index (κ2) is 18.5. The topological polar surface area (TPSA) is 9.86 Å². The molecule has 3 heteroatoms. The van der Waals surface area contributed by atoms with E-state index in [0.717, 1.165) is 22.5 Å². The monoisotopic (exact) mass is 970 g/mol. The first-order valence-electron chi connectivity index (χ1n) is 25.9. The second-order valence-corrected chi connectivity index (χ2v) is 23.4. The third-order valence-corrected chi connectivity index (χ3v) is 20.2. The van der Waals surface area contributed by atoms with Crippen LogP contribution in [0.5, 0.6) is 0 Å². The van der Waals surface area contributed by atoms with Crippen molar-refractivity contribution in [3.05, 3.63) is 303 Å². The third kappa shape index (κ3) is 7.39. The van der Waals surface area contributed by atoms with Gasteiger partial charge in [-0.25, -0.2) is 0 Å². The number of hydrogen-bond donors (Lipinski definition) is 0. The van der Waals surface area contributed by atoms with E-state index in [1.807, 2.05) is 0 Å². The first-order valence-corrected chi connectivity index (χ1v) is 27.9. The van der Waals surface area contributed by atoms with Gasteiger partial charge in [0, 0.05) is 32.9 Å². The zero-order chi connectivity index (χ0) is 49.7. The Morgan fingerprint density at radius 1 is 0.213 bits per heavy atom. The molecular formula is C72H50N2Si. The molecule has 0 aliphatic rings. The van der Waals surface area contributed by atoms with Gasteiger partial charge in [0.1, 0.15) is 0 Å². The summed E-state index contributed by atoms with van der Waals surface area (Å²) in [5.41, 5.74) is 16.5. The lowest BCUT2D eigenvalue weighted by Gasteiger charge is -2.34. The highest BCUT2D eigenvalue weighted by molar-refractivity contribution is 7.20. The quantitative estimate of drug-likeness (QED) is 0.0955. The van der Waals surface area contributed by atoms with Crippen molar-refractivity contribution >= 4 is 72.4 Å². The van der Waals surface area contributed by atoms with Gasteiger partial charge >= 0.3 is 0 Å². The zero-order valence-electron chi connectivity index (χ0n) is 41.3. The molecular weight excluding hydrogens is 921 g/mol. The number of benzene rings is 12. The van der Waals surface area contributed by atoms with Crippen LogP contribution in [0.1, 0.15) is 0 Å². The molecule has 2 heterocycles. The van der Waals surface area contributed by atoms with Crippen LogP contribution in [0, 0.1) is 0 Å². The molecule has 2 aromatic heterocycles. The molecule has 0 saturated heterocycles. The van der Waals surface area contributed by atoms with Crippen LogP contribution >= 0.6 is 0 Å². The van der Waals surface area contributed by atoms with E-state index in [4.69, 9.17) is 0 Å². The number of fused-ring (bicyclic) bond motifs is 6. The van der Waals surface area contributed by atoms with Crippen LogP contribution in [0.25, 0.3) is 99.5 Å². The standard InChI is InChI=1S/C72H50N2Si/c1-7-24-51(25-8-1)55-47-65(52-26-9-2-10-27-52)72(66(48-55)53-28-11-3-12-29-53)54-30-23-31-56(46-54)73-69-41-22-20-39-63(69)67-49-57(42-45-70(67)73)74-68-40-21-19-38-62(68)64-44-43-61(50-71(64)74)75(58-32-13-4-14-33-58,59-34-15-5-16-35-59)60-36-17-6-18-37-60/h1-50H. The highest BCUT2D eigenvalue weighted by Crippen LogP contribution is 2.45. The van der Waals surface area contributed by atoms with E-state index in [-0.39, 0.29) is 0 Å². The second-order valence-electron chi connectivity index (χ2n) is 19.6. The summed E-state index contributed by atoms with van der Waals surface area (Å²) < 4.78 is 4.97. The van der Waals surface area contributed by atoms with Gasteiger partial charge in [0.05, 0.1) is 22.1 Å². The van der Waals surface area contributed by atoms with E-state index >= 15 is 0 Å². The smallest absolute Gasteiger partial charge is 0.179 e. The van der Waals surface area contributed by atoms with Gasteiger partial charge in [0.25, 0.3) is 0 Å². The molecule has 0 aliphatic heterocycles. The predicted octanol–water partition coefficient (Wildman–Crippen LogP) is 15.9. The Hall–Kier alpha value is -9.54. The van der Waals surface area contributed by atoms with Gasteiger partial charge in [-0.05, 0) is 126 Å². The summed E-state index contributed by atoms with van der Waals surface area (Å²) in [5, 5.41) is 10.3. The lowest BCUT2D eigenvalue weighted by atomic mass is 9.84. The highest BCUT2D eigenvalue weighted by Gasteiger charge is 2.41. The maximum Gasteiger partial charge on any atom is 0.179 e. The molecule has 0 radical (unpaired) electrons. The summed E-state index contributed by atoms with van der Waals surface area (Å²) in [6.45, 7) is 0. The molecule has 0 saturated carbocycles. The normalized spacial score (nSPS) is 11.7. The van der Waals surface area contributed by atoms with E-state index in [9.17, 15) is 0 Å². The Kier molecular flexibility index (Phi) is 10.9. The number of para-hydroxylation sites is 2. The molecule has 14 aromatic rings. The van der Waals surface area contributed by atoms with Gasteiger partial charge < -0.3 is 9.13 Å². The van der Waals surface area contributed by atoms with Crippen LogP contribution in [0.15, 0.2) is 303 Å². The SMILES string of the molecule is c1ccc(-c2cc(-c3ccccc3)c(-c3cccc(-n4c5ccccc5c5cc(-n6c7ccccc7c7ccc([Si](c8ccccc8)(c8ccccc8)c8ccccc8)cc76)ccc54)c3)c(-c3ccccc3)c2)cc1. The largest absolute Gasteiger partial charge is 0.309 e. The van der Waals surface area contributed by atoms with E-state index in [1.165, 1.54) is 97.8 Å². The zero-order valence-corrected chi connectivity index (χ0v) is 42.3. The van der Waals surface area contributed by atoms with Crippen LogP contribution < -0.4 is 20.7 Å². The van der Waals surface area contributed by atoms with Crippen LogP contribution in [0.2, 0.25) is 0 Å². The van der Waals surface area contributed by atoms with Crippen LogP contribution in [0.4, 0.5) is 0 Å². The van der Waals surface area contributed by atoms with Crippen molar-refractivity contribution in [1.82, 2.24) is 9.13 Å². The average molecular weight is 971 g/mol. The Bertz CT molecular complexity index is 4220. The molecule has 0 spiro atoms. The molecule has 0 unspecified atom stereocenters. The van der Waals surface area contributed by atoms with Crippen molar-refractivity contribution in [2.45, 2.75) is 0 Å². The lowest BCUT2D eigenvalue weighted by Crippen LogP contribution is -2.74. The van der Waals surface area contributed by atoms with E-state index < -0.39 is 8.07 Å². The third-order valence-electron chi connectivity index (χ3n) is 15.4. The molecule has 0 atom stereocenters. The Morgan fingerprint density at radius 2 is 0.627 bits per heavy atom. The van der Waals surface area contributed by atoms with Crippen molar-refractivity contribution in [2.75, 3.05) is 0 Å². The fraction of sp³-hybridized carbons (Fsp3) is 0. The number of nitrogens with zero attached hydrogens (tertiary/aromatic N) is 2. The Balaban J connectivity index is 0.978. The number of rotatable bonds is 10. The summed E-state index contributed by atoms with van der Waals surface area (Å²) in [6.07, 6.45) is 0. The molecule has 0 amide bonds. The van der Waals surface area contributed by atoms with Gasteiger partial charge in [-0.3, -0.25) is 0 Å². The molecule has 12 aromatic carbocycles. The van der Waals surface area contributed by atoms with Crippen molar-refractivity contribution in [3.63, 3.8) is 0 Å². The van der Waals surface area contributed by atoms with Gasteiger partial charge in [0.15, 0.2) is 8.07 Å². The van der Waals surface area contributed by atoms with E-state index in [0.29, 0.717) is 0 Å². The Labute approximate surface area is 438 Å². The molecule has 0 N–H and O–H groups in total. The lowest BCUT2D eigenvalue weighted by molar-refractivity contribution is 1.17. The van der Waals surface area contributed by atoms with Crippen molar-refractivity contribution in [1.29, 1.82) is 0 Å². The van der Waals surface area contributed by atoms with Gasteiger partial charge in [-0.15, -0.1) is 0 Å². The minimum Gasteiger partial charge on any atom is -0.309 e. The highest BCUT2D eigenvalue weighted by atomic mass is 28.3.